The summed E-state index contributed by atoms with van der Waals surface area (Å²) >= 11 is 0. The molecule has 2 atom stereocenters. The predicted octanol–water partition coefficient (Wildman–Crippen LogP) is 3.40. The van der Waals surface area contributed by atoms with Crippen molar-refractivity contribution < 1.29 is 0 Å². The van der Waals surface area contributed by atoms with Crippen molar-refractivity contribution in [3.63, 3.8) is 0 Å². The second-order valence-corrected chi connectivity index (χ2v) is 6.41. The minimum absolute atomic E-state index is 0.160. The summed E-state index contributed by atoms with van der Waals surface area (Å²) in [5.41, 5.74) is 6.63. The van der Waals surface area contributed by atoms with Gasteiger partial charge in [0.2, 0.25) is 0 Å². The first-order valence-electron chi connectivity index (χ1n) is 7.49. The third kappa shape index (κ3) is 4.26. The third-order valence-electron chi connectivity index (χ3n) is 4.68. The van der Waals surface area contributed by atoms with Crippen LogP contribution in [0.1, 0.15) is 66.2 Å². The lowest BCUT2D eigenvalue weighted by atomic mass is 9.85. The van der Waals surface area contributed by atoms with Gasteiger partial charge in [-0.05, 0) is 52.1 Å². The van der Waals surface area contributed by atoms with Crippen LogP contribution in [0.3, 0.4) is 0 Å². The molecular weight excluding hydrogens is 208 g/mol. The van der Waals surface area contributed by atoms with Gasteiger partial charge in [-0.2, -0.15) is 0 Å². The minimum Gasteiger partial charge on any atom is -0.326 e. The van der Waals surface area contributed by atoms with Crippen molar-refractivity contribution in [2.75, 3.05) is 13.1 Å². The summed E-state index contributed by atoms with van der Waals surface area (Å²) in [4.78, 5) is 2.63. The molecule has 2 N–H and O–H groups in total. The fourth-order valence-electron chi connectivity index (χ4n) is 2.77. The van der Waals surface area contributed by atoms with Crippen LogP contribution in [0.5, 0.6) is 0 Å². The molecule has 2 nitrogen and oxygen atoms in total. The molecule has 1 aliphatic rings. The van der Waals surface area contributed by atoms with E-state index in [0.29, 0.717) is 6.04 Å². The van der Waals surface area contributed by atoms with Crippen molar-refractivity contribution in [3.8, 4) is 0 Å². The fraction of sp³-hybridized carbons (Fsp3) is 1.00. The van der Waals surface area contributed by atoms with Crippen LogP contribution in [0.4, 0.5) is 0 Å². The smallest absolute Gasteiger partial charge is 0.0304 e. The van der Waals surface area contributed by atoms with Gasteiger partial charge in [0.25, 0.3) is 0 Å². The van der Waals surface area contributed by atoms with E-state index in [1.54, 1.807) is 0 Å². The van der Waals surface area contributed by atoms with Crippen LogP contribution in [0.25, 0.3) is 0 Å². The van der Waals surface area contributed by atoms with Crippen LogP contribution in [-0.2, 0) is 0 Å². The number of hydrogen-bond acceptors (Lipinski definition) is 2. The van der Waals surface area contributed by atoms with Gasteiger partial charge in [-0.15, -0.1) is 0 Å². The molecule has 1 heterocycles. The lowest BCUT2D eigenvalue weighted by Crippen LogP contribution is -2.56. The highest BCUT2D eigenvalue weighted by atomic mass is 15.2. The summed E-state index contributed by atoms with van der Waals surface area (Å²) in [7, 11) is 0. The summed E-state index contributed by atoms with van der Waals surface area (Å²) in [6.07, 6.45) is 7.88. The Morgan fingerprint density at radius 1 is 1.12 bits per heavy atom. The van der Waals surface area contributed by atoms with E-state index in [0.717, 1.165) is 12.3 Å². The van der Waals surface area contributed by atoms with Gasteiger partial charge in [0.05, 0.1) is 0 Å². The first-order valence-corrected chi connectivity index (χ1v) is 7.49. The monoisotopic (exact) mass is 240 g/mol. The van der Waals surface area contributed by atoms with Crippen molar-refractivity contribution in [1.29, 1.82) is 0 Å². The van der Waals surface area contributed by atoms with Crippen LogP contribution < -0.4 is 5.73 Å². The van der Waals surface area contributed by atoms with Crippen molar-refractivity contribution in [2.45, 2.75) is 77.8 Å². The molecule has 1 saturated heterocycles. The maximum atomic E-state index is 6.47. The number of rotatable bonds is 5. The Labute approximate surface area is 108 Å². The average molecular weight is 240 g/mol. The van der Waals surface area contributed by atoms with E-state index in [9.17, 15) is 0 Å². The summed E-state index contributed by atoms with van der Waals surface area (Å²) < 4.78 is 0. The summed E-state index contributed by atoms with van der Waals surface area (Å²) in [5, 5.41) is 0. The molecule has 0 radical (unpaired) electrons. The zero-order valence-corrected chi connectivity index (χ0v) is 12.3. The first-order chi connectivity index (χ1) is 7.98. The van der Waals surface area contributed by atoms with Crippen molar-refractivity contribution in [3.05, 3.63) is 0 Å². The second-order valence-electron chi connectivity index (χ2n) is 6.41. The maximum Gasteiger partial charge on any atom is 0.0304 e. The Hall–Kier alpha value is -0.0800. The molecule has 0 bridgehead atoms. The maximum absolute atomic E-state index is 6.47. The molecule has 1 rings (SSSR count). The molecule has 102 valence electrons. The number of nitrogens with zero attached hydrogens (tertiary/aromatic N) is 1. The van der Waals surface area contributed by atoms with E-state index in [1.807, 2.05) is 0 Å². The molecule has 0 amide bonds. The number of nitrogens with two attached hydrogens (primary N) is 1. The second kappa shape index (κ2) is 6.75. The van der Waals surface area contributed by atoms with E-state index in [4.69, 9.17) is 5.73 Å². The molecule has 17 heavy (non-hydrogen) atoms. The molecule has 1 fully saturated rings. The van der Waals surface area contributed by atoms with Gasteiger partial charge >= 0.3 is 0 Å². The SMILES string of the molecule is CCC(C)CC(N)C(C)(C)N1CCCCCC1. The zero-order chi connectivity index (χ0) is 12.9. The van der Waals surface area contributed by atoms with E-state index >= 15 is 0 Å². The molecular formula is C15H32N2. The summed E-state index contributed by atoms with van der Waals surface area (Å²) in [6, 6.07) is 0.301. The standard InChI is InChI=1S/C15H32N2/c1-5-13(2)12-14(16)15(3,4)17-10-8-6-7-9-11-17/h13-14H,5-12,16H2,1-4H3. The molecule has 0 aliphatic carbocycles. The fourth-order valence-corrected chi connectivity index (χ4v) is 2.77. The van der Waals surface area contributed by atoms with Crippen LogP contribution in [0.2, 0.25) is 0 Å². The Morgan fingerprint density at radius 2 is 1.65 bits per heavy atom. The van der Waals surface area contributed by atoms with Gasteiger partial charge in [0.15, 0.2) is 0 Å². The quantitative estimate of drug-likeness (QED) is 0.798. The van der Waals surface area contributed by atoms with E-state index in [2.05, 4.69) is 32.6 Å². The Balaban J connectivity index is 2.57. The van der Waals surface area contributed by atoms with Gasteiger partial charge in [-0.25, -0.2) is 0 Å². The molecule has 0 aromatic carbocycles. The Kier molecular flexibility index (Phi) is 5.94. The van der Waals surface area contributed by atoms with Crippen LogP contribution in [0.15, 0.2) is 0 Å². The van der Waals surface area contributed by atoms with E-state index in [-0.39, 0.29) is 5.54 Å². The van der Waals surface area contributed by atoms with Gasteiger partial charge in [0, 0.05) is 11.6 Å². The van der Waals surface area contributed by atoms with E-state index in [1.165, 1.54) is 45.2 Å². The lowest BCUT2D eigenvalue weighted by molar-refractivity contribution is 0.0890. The molecule has 1 aliphatic heterocycles. The Morgan fingerprint density at radius 3 is 2.12 bits per heavy atom. The lowest BCUT2D eigenvalue weighted by Gasteiger charge is -2.43. The zero-order valence-electron chi connectivity index (χ0n) is 12.3. The first kappa shape index (κ1) is 15.0. The number of likely N-dealkylation sites (tertiary alicyclic amines) is 1. The normalized spacial score (nSPS) is 23.1. The average Bonchev–Trinajstić information content (AvgIpc) is 2.57. The van der Waals surface area contributed by atoms with Crippen LogP contribution in [0, 0.1) is 5.92 Å². The topological polar surface area (TPSA) is 29.3 Å². The molecule has 0 aromatic rings. The van der Waals surface area contributed by atoms with Gasteiger partial charge in [-0.3, -0.25) is 4.90 Å². The highest BCUT2D eigenvalue weighted by Crippen LogP contribution is 2.26. The molecule has 0 saturated carbocycles. The van der Waals surface area contributed by atoms with Crippen LogP contribution in [-0.4, -0.2) is 29.6 Å². The van der Waals surface area contributed by atoms with Gasteiger partial charge < -0.3 is 5.73 Å². The largest absolute Gasteiger partial charge is 0.326 e. The van der Waals surface area contributed by atoms with Crippen LogP contribution >= 0.6 is 0 Å². The van der Waals surface area contributed by atoms with Gasteiger partial charge in [-0.1, -0.05) is 33.1 Å². The number of hydrogen-bond donors (Lipinski definition) is 1. The predicted molar refractivity (Wildman–Crippen MR) is 76.2 cm³/mol. The summed E-state index contributed by atoms with van der Waals surface area (Å²) in [6.45, 7) is 11.7. The molecule has 2 heteroatoms. The molecule has 0 aromatic heterocycles. The minimum atomic E-state index is 0.160. The third-order valence-corrected chi connectivity index (χ3v) is 4.68. The highest BCUT2D eigenvalue weighted by Gasteiger charge is 2.33. The molecule has 0 spiro atoms. The summed E-state index contributed by atoms with van der Waals surface area (Å²) in [5.74, 6) is 0.747. The highest BCUT2D eigenvalue weighted by molar-refractivity contribution is 4.92. The van der Waals surface area contributed by atoms with Gasteiger partial charge in [0.1, 0.15) is 0 Å². The van der Waals surface area contributed by atoms with Crippen molar-refractivity contribution in [2.24, 2.45) is 11.7 Å². The Bertz CT molecular complexity index is 205. The van der Waals surface area contributed by atoms with Crippen molar-refractivity contribution in [1.82, 2.24) is 4.90 Å². The van der Waals surface area contributed by atoms with Crippen molar-refractivity contribution >= 4 is 0 Å². The van der Waals surface area contributed by atoms with E-state index < -0.39 is 0 Å². The molecule has 2 unspecified atom stereocenters.